The smallest absolute Gasteiger partial charge is 0.339 e. The van der Waals surface area contributed by atoms with E-state index < -0.39 is 11.4 Å². The van der Waals surface area contributed by atoms with Crippen LogP contribution in [0.15, 0.2) is 60.8 Å². The number of carboxylic acid groups (broad SMARTS) is 1. The van der Waals surface area contributed by atoms with Crippen LogP contribution >= 0.6 is 0 Å². The van der Waals surface area contributed by atoms with Crippen LogP contribution in [0.1, 0.15) is 30.7 Å². The number of hydrogen-bond donors (Lipinski definition) is 3. The zero-order valence-electron chi connectivity index (χ0n) is 16.4. The first-order valence-corrected chi connectivity index (χ1v) is 9.52. The topological polar surface area (TPSA) is 85.4 Å². The maximum atomic E-state index is 12.9. The molecule has 2 aromatic carbocycles. The lowest BCUT2D eigenvalue weighted by Crippen LogP contribution is -2.42. The van der Waals surface area contributed by atoms with E-state index in [2.05, 4.69) is 10.3 Å². The van der Waals surface area contributed by atoms with E-state index in [-0.39, 0.29) is 11.6 Å². The number of nitrogens with one attached hydrogen (secondary N) is 2. The van der Waals surface area contributed by atoms with E-state index in [9.17, 15) is 14.7 Å². The average molecular weight is 389 g/mol. The van der Waals surface area contributed by atoms with Crippen molar-refractivity contribution in [2.45, 2.75) is 25.8 Å². The van der Waals surface area contributed by atoms with Gasteiger partial charge >= 0.3 is 12.0 Å². The average Bonchev–Trinajstić information content (AvgIpc) is 3.04. The Morgan fingerprint density at radius 1 is 1.10 bits per heavy atom. The number of carbonyl (C=O) groups excluding carboxylic acids is 1. The molecule has 0 saturated carbocycles. The molecule has 29 heavy (non-hydrogen) atoms. The molecule has 0 atom stereocenters. The summed E-state index contributed by atoms with van der Waals surface area (Å²) in [6.07, 6.45) is 1.44. The van der Waals surface area contributed by atoms with Gasteiger partial charge in [-0.2, -0.15) is 0 Å². The quantitative estimate of drug-likeness (QED) is 0.630. The van der Waals surface area contributed by atoms with E-state index in [1.165, 1.54) is 11.1 Å². The van der Waals surface area contributed by atoms with Crippen molar-refractivity contribution in [2.75, 3.05) is 6.54 Å². The van der Waals surface area contributed by atoms with Gasteiger partial charge in [0.1, 0.15) is 0 Å². The lowest BCUT2D eigenvalue weighted by atomic mass is 9.82. The molecule has 0 radical (unpaired) electrons. The number of carboxylic acids is 1. The van der Waals surface area contributed by atoms with Gasteiger partial charge < -0.3 is 15.4 Å². The Balaban J connectivity index is 1.71. The van der Waals surface area contributed by atoms with E-state index in [1.807, 2.05) is 68.4 Å². The third-order valence-corrected chi connectivity index (χ3v) is 5.28. The molecule has 2 heterocycles. The van der Waals surface area contributed by atoms with E-state index in [0.717, 1.165) is 22.0 Å². The zero-order chi connectivity index (χ0) is 20.6. The second-order valence-corrected chi connectivity index (χ2v) is 7.92. The molecule has 6 heteroatoms. The number of para-hydroxylation sites is 1. The van der Waals surface area contributed by atoms with Crippen LogP contribution in [-0.4, -0.2) is 33.5 Å². The number of urea groups is 1. The standard InChI is InChI=1S/C23H23N3O3/c1-23(2)14-26(22(29)24-12-15-8-4-3-5-9-15)13-17(21(27)28)20-19(23)16-10-6-7-11-18(16)25-20/h3-11,13,25H,12,14H2,1-2H3,(H,24,29)(H,27,28). The van der Waals surface area contributed by atoms with Crippen molar-refractivity contribution in [2.24, 2.45) is 0 Å². The number of fused-ring (bicyclic) bond motifs is 3. The van der Waals surface area contributed by atoms with Crippen LogP contribution in [0.4, 0.5) is 4.79 Å². The number of aliphatic carboxylic acids is 1. The first kappa shape index (κ1) is 18.8. The number of benzene rings is 2. The third kappa shape index (κ3) is 3.49. The minimum Gasteiger partial charge on any atom is -0.478 e. The van der Waals surface area contributed by atoms with Crippen LogP contribution in [0, 0.1) is 0 Å². The maximum Gasteiger partial charge on any atom is 0.339 e. The number of nitrogens with zero attached hydrogens (tertiary/aromatic N) is 1. The molecular formula is C23H23N3O3. The maximum absolute atomic E-state index is 12.9. The second kappa shape index (κ2) is 7.13. The molecule has 0 bridgehead atoms. The molecule has 0 unspecified atom stereocenters. The van der Waals surface area contributed by atoms with Gasteiger partial charge in [0.15, 0.2) is 0 Å². The summed E-state index contributed by atoms with van der Waals surface area (Å²) in [7, 11) is 0. The molecule has 0 aliphatic carbocycles. The predicted octanol–water partition coefficient (Wildman–Crippen LogP) is 4.10. The summed E-state index contributed by atoms with van der Waals surface area (Å²) in [6.45, 7) is 4.80. The van der Waals surface area contributed by atoms with Crippen molar-refractivity contribution in [1.29, 1.82) is 0 Å². The summed E-state index contributed by atoms with van der Waals surface area (Å²) in [4.78, 5) is 29.7. The highest BCUT2D eigenvalue weighted by Gasteiger charge is 2.36. The highest BCUT2D eigenvalue weighted by atomic mass is 16.4. The van der Waals surface area contributed by atoms with Crippen LogP contribution in [0.5, 0.6) is 0 Å². The molecular weight excluding hydrogens is 366 g/mol. The first-order chi connectivity index (χ1) is 13.9. The fourth-order valence-electron chi connectivity index (χ4n) is 3.99. The van der Waals surface area contributed by atoms with Crippen molar-refractivity contribution in [3.63, 3.8) is 0 Å². The third-order valence-electron chi connectivity index (χ3n) is 5.28. The highest BCUT2D eigenvalue weighted by molar-refractivity contribution is 6.17. The van der Waals surface area contributed by atoms with Gasteiger partial charge in [0, 0.05) is 35.6 Å². The summed E-state index contributed by atoms with van der Waals surface area (Å²) in [6, 6.07) is 17.1. The number of rotatable bonds is 3. The molecule has 0 saturated heterocycles. The Morgan fingerprint density at radius 3 is 2.52 bits per heavy atom. The Bertz CT molecular complexity index is 1110. The molecule has 3 aromatic rings. The molecule has 0 spiro atoms. The second-order valence-electron chi connectivity index (χ2n) is 7.92. The molecule has 1 aliphatic heterocycles. The van der Waals surface area contributed by atoms with Crippen molar-refractivity contribution in [3.05, 3.63) is 77.6 Å². The van der Waals surface area contributed by atoms with Crippen LogP contribution in [0.2, 0.25) is 0 Å². The monoisotopic (exact) mass is 389 g/mol. The van der Waals surface area contributed by atoms with Gasteiger partial charge in [0.2, 0.25) is 0 Å². The number of aromatic nitrogens is 1. The molecule has 148 valence electrons. The highest BCUT2D eigenvalue weighted by Crippen LogP contribution is 2.39. The van der Waals surface area contributed by atoms with Gasteiger partial charge in [-0.1, -0.05) is 62.4 Å². The number of aromatic amines is 1. The van der Waals surface area contributed by atoms with Crippen molar-refractivity contribution < 1.29 is 14.7 Å². The molecule has 1 aliphatic rings. The predicted molar refractivity (Wildman–Crippen MR) is 112 cm³/mol. The van der Waals surface area contributed by atoms with Crippen molar-refractivity contribution >= 4 is 28.5 Å². The van der Waals surface area contributed by atoms with E-state index in [1.54, 1.807) is 0 Å². The molecule has 0 fully saturated rings. The van der Waals surface area contributed by atoms with Crippen LogP contribution in [0.3, 0.4) is 0 Å². The molecule has 3 N–H and O–H groups in total. The van der Waals surface area contributed by atoms with Crippen molar-refractivity contribution in [3.8, 4) is 0 Å². The SMILES string of the molecule is CC1(C)CN(C(=O)NCc2ccccc2)C=C(C(=O)O)c2[nH]c3ccccc3c21. The van der Waals surface area contributed by atoms with Gasteiger partial charge in [-0.05, 0) is 17.2 Å². The van der Waals surface area contributed by atoms with E-state index in [0.29, 0.717) is 18.8 Å². The Hall–Kier alpha value is -3.54. The first-order valence-electron chi connectivity index (χ1n) is 9.52. The fraction of sp³-hybridized carbons (Fsp3) is 0.217. The number of hydrogen-bond acceptors (Lipinski definition) is 2. The molecule has 4 rings (SSSR count). The minimum absolute atomic E-state index is 0.0802. The Kier molecular flexibility index (Phi) is 4.62. The minimum atomic E-state index is -1.07. The van der Waals surface area contributed by atoms with Crippen LogP contribution in [-0.2, 0) is 16.8 Å². The van der Waals surface area contributed by atoms with Crippen LogP contribution < -0.4 is 5.32 Å². The molecule has 6 nitrogen and oxygen atoms in total. The number of amides is 2. The zero-order valence-corrected chi connectivity index (χ0v) is 16.4. The van der Waals surface area contributed by atoms with Gasteiger partial charge in [-0.15, -0.1) is 0 Å². The van der Waals surface area contributed by atoms with Crippen LogP contribution in [0.25, 0.3) is 16.5 Å². The van der Waals surface area contributed by atoms with E-state index in [4.69, 9.17) is 0 Å². The lowest BCUT2D eigenvalue weighted by molar-refractivity contribution is -0.130. The summed E-state index contributed by atoms with van der Waals surface area (Å²) >= 11 is 0. The number of H-pyrrole nitrogens is 1. The van der Waals surface area contributed by atoms with Gasteiger partial charge in [-0.3, -0.25) is 4.90 Å². The summed E-state index contributed by atoms with van der Waals surface area (Å²) < 4.78 is 0. The summed E-state index contributed by atoms with van der Waals surface area (Å²) in [5.74, 6) is -1.07. The van der Waals surface area contributed by atoms with Gasteiger partial charge in [-0.25, -0.2) is 9.59 Å². The van der Waals surface area contributed by atoms with Crippen molar-refractivity contribution in [1.82, 2.24) is 15.2 Å². The number of carbonyl (C=O) groups is 2. The summed E-state index contributed by atoms with van der Waals surface area (Å²) in [5.41, 5.74) is 2.97. The molecule has 2 amide bonds. The lowest BCUT2D eigenvalue weighted by Gasteiger charge is -2.29. The van der Waals surface area contributed by atoms with Gasteiger partial charge in [0.25, 0.3) is 0 Å². The summed E-state index contributed by atoms with van der Waals surface area (Å²) in [5, 5.41) is 13.7. The Labute approximate surface area is 168 Å². The van der Waals surface area contributed by atoms with E-state index >= 15 is 0 Å². The Morgan fingerprint density at radius 2 is 1.79 bits per heavy atom. The van der Waals surface area contributed by atoms with Gasteiger partial charge in [0.05, 0.1) is 11.3 Å². The largest absolute Gasteiger partial charge is 0.478 e. The normalized spacial score (nSPS) is 15.4. The fourth-order valence-corrected chi connectivity index (χ4v) is 3.99. The molecule has 1 aromatic heterocycles.